The molecular weight excluding hydrogens is 817 g/mol. The van der Waals surface area contributed by atoms with Crippen molar-refractivity contribution >= 4 is 17.9 Å². The summed E-state index contributed by atoms with van der Waals surface area (Å²) < 4.78 is 16.9. The van der Waals surface area contributed by atoms with Crippen LogP contribution < -0.4 is 0 Å². The summed E-state index contributed by atoms with van der Waals surface area (Å²) in [6, 6.07) is 0. The van der Waals surface area contributed by atoms with Gasteiger partial charge in [-0.1, -0.05) is 304 Å². The first kappa shape index (κ1) is 64.4. The monoisotopic (exact) mass is 933 g/mol. The molecule has 0 saturated heterocycles. The molecule has 0 fully saturated rings. The molecule has 0 amide bonds. The molecule has 0 spiro atoms. The number of unbranched alkanes of at least 4 members (excludes halogenated alkanes) is 42. The number of carbonyl (C=O) groups excluding carboxylic acids is 3. The predicted molar refractivity (Wildman–Crippen MR) is 284 cm³/mol. The number of esters is 3. The van der Waals surface area contributed by atoms with Gasteiger partial charge in [-0.15, -0.1) is 0 Å². The highest BCUT2D eigenvalue weighted by atomic mass is 16.6. The molecule has 0 N–H and O–H groups in total. The fourth-order valence-corrected chi connectivity index (χ4v) is 9.28. The molecular formula is C60H116O6. The van der Waals surface area contributed by atoms with Gasteiger partial charge in [0, 0.05) is 19.3 Å². The largest absolute Gasteiger partial charge is 0.462 e. The molecule has 0 radical (unpaired) electrons. The number of ether oxygens (including phenoxy) is 3. The summed E-state index contributed by atoms with van der Waals surface area (Å²) in [5.74, 6) is 0.00718. The molecule has 392 valence electrons. The standard InChI is InChI=1S/C60H116O6/c1-5-7-9-11-13-15-17-19-21-22-23-24-28-33-37-41-45-49-53-60(63)66-57(54-64-58(61)51-47-43-39-35-31-27-20-18-16-14-12-10-8-6-2)55-65-59(62)52-48-44-40-36-32-29-25-26-30-34-38-42-46-50-56(3)4/h56-57H,5-55H2,1-4H3/t57-/m0/s1. The zero-order chi connectivity index (χ0) is 48.1. The average Bonchev–Trinajstić information content (AvgIpc) is 3.30. The van der Waals surface area contributed by atoms with Crippen molar-refractivity contribution in [3.8, 4) is 0 Å². The van der Waals surface area contributed by atoms with Crippen molar-refractivity contribution in [2.75, 3.05) is 13.2 Å². The molecule has 0 rings (SSSR count). The van der Waals surface area contributed by atoms with E-state index < -0.39 is 6.10 Å². The van der Waals surface area contributed by atoms with Crippen LogP contribution in [-0.4, -0.2) is 37.2 Å². The molecule has 0 aliphatic carbocycles. The lowest BCUT2D eigenvalue weighted by molar-refractivity contribution is -0.167. The molecule has 0 aliphatic rings. The first-order chi connectivity index (χ1) is 32.4. The molecule has 0 aromatic carbocycles. The molecule has 0 aliphatic heterocycles. The third-order valence-corrected chi connectivity index (χ3v) is 13.8. The Kier molecular flexibility index (Phi) is 53.0. The van der Waals surface area contributed by atoms with Crippen LogP contribution in [0.3, 0.4) is 0 Å². The minimum absolute atomic E-state index is 0.0616. The first-order valence-electron chi connectivity index (χ1n) is 29.9. The topological polar surface area (TPSA) is 78.9 Å². The minimum Gasteiger partial charge on any atom is -0.462 e. The van der Waals surface area contributed by atoms with E-state index in [1.807, 2.05) is 0 Å². The molecule has 0 unspecified atom stereocenters. The zero-order valence-corrected chi connectivity index (χ0v) is 45.2. The van der Waals surface area contributed by atoms with Crippen LogP contribution in [0.2, 0.25) is 0 Å². The highest BCUT2D eigenvalue weighted by Crippen LogP contribution is 2.18. The third kappa shape index (κ3) is 53.4. The van der Waals surface area contributed by atoms with E-state index in [1.54, 1.807) is 0 Å². The average molecular weight is 934 g/mol. The van der Waals surface area contributed by atoms with Gasteiger partial charge in [0.15, 0.2) is 6.10 Å². The van der Waals surface area contributed by atoms with Crippen LogP contribution in [0.15, 0.2) is 0 Å². The van der Waals surface area contributed by atoms with E-state index in [1.165, 1.54) is 238 Å². The summed E-state index contributed by atoms with van der Waals surface area (Å²) >= 11 is 0. The Labute approximate surface area is 412 Å². The van der Waals surface area contributed by atoms with Gasteiger partial charge in [0.25, 0.3) is 0 Å². The van der Waals surface area contributed by atoms with Gasteiger partial charge >= 0.3 is 17.9 Å². The Morgan fingerprint density at radius 1 is 0.288 bits per heavy atom. The normalized spacial score (nSPS) is 12.0. The first-order valence-corrected chi connectivity index (χ1v) is 29.9. The molecule has 0 saturated carbocycles. The zero-order valence-electron chi connectivity index (χ0n) is 45.2. The lowest BCUT2D eigenvalue weighted by Crippen LogP contribution is -2.30. The maximum atomic E-state index is 12.9. The van der Waals surface area contributed by atoms with Gasteiger partial charge < -0.3 is 14.2 Å². The summed E-state index contributed by atoms with van der Waals surface area (Å²) in [7, 11) is 0. The Hall–Kier alpha value is -1.59. The van der Waals surface area contributed by atoms with E-state index in [0.29, 0.717) is 19.3 Å². The molecule has 1 atom stereocenters. The lowest BCUT2D eigenvalue weighted by Gasteiger charge is -2.18. The van der Waals surface area contributed by atoms with Crippen molar-refractivity contribution in [3.05, 3.63) is 0 Å². The fourth-order valence-electron chi connectivity index (χ4n) is 9.28. The van der Waals surface area contributed by atoms with Crippen molar-refractivity contribution in [1.29, 1.82) is 0 Å². The molecule has 66 heavy (non-hydrogen) atoms. The van der Waals surface area contributed by atoms with Gasteiger partial charge in [0.1, 0.15) is 13.2 Å². The van der Waals surface area contributed by atoms with Crippen molar-refractivity contribution in [2.45, 2.75) is 348 Å². The maximum Gasteiger partial charge on any atom is 0.306 e. The summed E-state index contributed by atoms with van der Waals surface area (Å²) in [4.78, 5) is 38.2. The Balaban J connectivity index is 4.29. The smallest absolute Gasteiger partial charge is 0.306 e. The quantitative estimate of drug-likeness (QED) is 0.0343. The van der Waals surface area contributed by atoms with Crippen LogP contribution in [-0.2, 0) is 28.6 Å². The van der Waals surface area contributed by atoms with E-state index in [4.69, 9.17) is 14.2 Å². The predicted octanol–water partition coefficient (Wildman–Crippen LogP) is 19.8. The molecule has 0 aromatic rings. The van der Waals surface area contributed by atoms with Crippen molar-refractivity contribution in [3.63, 3.8) is 0 Å². The highest BCUT2D eigenvalue weighted by Gasteiger charge is 2.19. The van der Waals surface area contributed by atoms with Gasteiger partial charge in [-0.2, -0.15) is 0 Å². The number of carbonyl (C=O) groups is 3. The maximum absolute atomic E-state index is 12.9. The van der Waals surface area contributed by atoms with Crippen LogP contribution in [0.25, 0.3) is 0 Å². The summed E-state index contributed by atoms with van der Waals surface area (Å²) in [6.07, 6.45) is 59.5. The summed E-state index contributed by atoms with van der Waals surface area (Å²) in [5, 5.41) is 0. The van der Waals surface area contributed by atoms with Crippen molar-refractivity contribution < 1.29 is 28.6 Å². The van der Waals surface area contributed by atoms with Crippen LogP contribution in [0.5, 0.6) is 0 Å². The second-order valence-electron chi connectivity index (χ2n) is 21.1. The third-order valence-electron chi connectivity index (χ3n) is 13.8. The SMILES string of the molecule is CCCCCCCCCCCCCCCCCCCCC(=O)O[C@@H](COC(=O)CCCCCCCCCCCCCCCC)COC(=O)CCCCCCCCCCCCCCCC(C)C. The van der Waals surface area contributed by atoms with Crippen molar-refractivity contribution in [1.82, 2.24) is 0 Å². The summed E-state index contributed by atoms with van der Waals surface area (Å²) in [6.45, 7) is 9.07. The van der Waals surface area contributed by atoms with Crippen LogP contribution in [0, 0.1) is 5.92 Å². The molecule has 0 heterocycles. The highest BCUT2D eigenvalue weighted by molar-refractivity contribution is 5.71. The second-order valence-corrected chi connectivity index (χ2v) is 21.1. The summed E-state index contributed by atoms with van der Waals surface area (Å²) in [5.41, 5.74) is 0. The van der Waals surface area contributed by atoms with Gasteiger partial charge in [0.2, 0.25) is 0 Å². The van der Waals surface area contributed by atoms with E-state index >= 15 is 0 Å². The Bertz CT molecular complexity index is 996. The van der Waals surface area contributed by atoms with Gasteiger partial charge in [-0.3, -0.25) is 14.4 Å². The van der Waals surface area contributed by atoms with Crippen LogP contribution in [0.1, 0.15) is 342 Å². The lowest BCUT2D eigenvalue weighted by atomic mass is 10.0. The van der Waals surface area contributed by atoms with E-state index in [9.17, 15) is 14.4 Å². The molecule has 6 heteroatoms. The number of hydrogen-bond acceptors (Lipinski definition) is 6. The van der Waals surface area contributed by atoms with Gasteiger partial charge in [-0.25, -0.2) is 0 Å². The van der Waals surface area contributed by atoms with E-state index in [0.717, 1.165) is 63.7 Å². The van der Waals surface area contributed by atoms with Gasteiger partial charge in [0.05, 0.1) is 0 Å². The molecule has 0 aromatic heterocycles. The Morgan fingerprint density at radius 2 is 0.500 bits per heavy atom. The number of hydrogen-bond donors (Lipinski definition) is 0. The van der Waals surface area contributed by atoms with E-state index in [2.05, 4.69) is 27.7 Å². The fraction of sp³-hybridized carbons (Fsp3) is 0.950. The van der Waals surface area contributed by atoms with Crippen molar-refractivity contribution in [2.24, 2.45) is 5.92 Å². The van der Waals surface area contributed by atoms with Crippen LogP contribution >= 0.6 is 0 Å². The van der Waals surface area contributed by atoms with Gasteiger partial charge in [-0.05, 0) is 25.2 Å². The second kappa shape index (κ2) is 54.4. The Morgan fingerprint density at radius 3 is 0.742 bits per heavy atom. The molecule has 6 nitrogen and oxygen atoms in total. The van der Waals surface area contributed by atoms with E-state index in [-0.39, 0.29) is 31.1 Å². The number of rotatable bonds is 55. The molecule has 0 bridgehead atoms. The van der Waals surface area contributed by atoms with Crippen LogP contribution in [0.4, 0.5) is 0 Å². The minimum atomic E-state index is -0.762.